The molecule has 1 aliphatic carbocycles. The molecule has 130 valence electrons. The molecule has 0 atom stereocenters. The lowest BCUT2D eigenvalue weighted by atomic mass is 10.1. The van der Waals surface area contributed by atoms with E-state index in [-0.39, 0.29) is 40.8 Å². The van der Waals surface area contributed by atoms with Crippen LogP contribution in [0.2, 0.25) is 0 Å². The van der Waals surface area contributed by atoms with E-state index in [4.69, 9.17) is 0 Å². The molecule has 1 aromatic heterocycles. The number of nitrogens with zero attached hydrogens (tertiary/aromatic N) is 2. The van der Waals surface area contributed by atoms with Crippen LogP contribution in [0.1, 0.15) is 29.2 Å². The van der Waals surface area contributed by atoms with E-state index in [9.17, 15) is 18.8 Å². The Balaban J connectivity index is 2.14. The first-order valence-corrected chi connectivity index (χ1v) is 7.93. The van der Waals surface area contributed by atoms with Crippen LogP contribution in [0.15, 0.2) is 17.1 Å². The van der Waals surface area contributed by atoms with Crippen LogP contribution in [-0.4, -0.2) is 37.1 Å². The number of rotatable bonds is 2. The van der Waals surface area contributed by atoms with Crippen molar-refractivity contribution in [3.05, 3.63) is 33.9 Å². The molecule has 4 rings (SSSR count). The van der Waals surface area contributed by atoms with Crippen molar-refractivity contribution < 1.29 is 18.7 Å². The van der Waals surface area contributed by atoms with Gasteiger partial charge >= 0.3 is 5.97 Å². The lowest BCUT2D eigenvalue weighted by Gasteiger charge is -2.29. The van der Waals surface area contributed by atoms with Crippen molar-refractivity contribution in [1.29, 1.82) is 0 Å². The number of ether oxygens (including phenoxy) is 1. The predicted octanol–water partition coefficient (Wildman–Crippen LogP) is 1.65. The van der Waals surface area contributed by atoms with Gasteiger partial charge in [0.2, 0.25) is 11.3 Å². The van der Waals surface area contributed by atoms with Crippen LogP contribution in [-0.2, 0) is 9.53 Å². The van der Waals surface area contributed by atoms with Gasteiger partial charge in [-0.1, -0.05) is 0 Å². The molecule has 0 radical (unpaired) electrons. The average Bonchev–Trinajstić information content (AvgIpc) is 3.39. The lowest BCUT2D eigenvalue weighted by molar-refractivity contribution is -0.115. The van der Waals surface area contributed by atoms with Crippen molar-refractivity contribution in [1.82, 2.24) is 4.57 Å². The normalized spacial score (nSPS) is 16.6. The molecule has 1 N–H and O–H groups in total. The van der Waals surface area contributed by atoms with Crippen molar-refractivity contribution in [2.24, 2.45) is 0 Å². The Bertz CT molecular complexity index is 994. The summed E-state index contributed by atoms with van der Waals surface area (Å²) in [5, 5.41) is 2.75. The van der Waals surface area contributed by atoms with Gasteiger partial charge in [-0.3, -0.25) is 9.59 Å². The first-order valence-electron chi connectivity index (χ1n) is 7.93. The monoisotopic (exact) mass is 345 g/mol. The number of carbonyl (C=O) groups excluding carboxylic acids is 2. The molecular weight excluding hydrogens is 329 g/mol. The van der Waals surface area contributed by atoms with Crippen molar-refractivity contribution in [2.75, 3.05) is 30.9 Å². The predicted molar refractivity (Wildman–Crippen MR) is 89.7 cm³/mol. The molecule has 0 spiro atoms. The second-order valence-electron chi connectivity index (χ2n) is 6.38. The van der Waals surface area contributed by atoms with E-state index in [2.05, 4.69) is 10.1 Å². The van der Waals surface area contributed by atoms with Gasteiger partial charge in [0.25, 0.3) is 0 Å². The number of aromatic nitrogens is 1. The number of anilines is 2. The van der Waals surface area contributed by atoms with E-state index in [0.717, 1.165) is 18.9 Å². The molecule has 2 heterocycles. The quantitative estimate of drug-likeness (QED) is 0.837. The van der Waals surface area contributed by atoms with Crippen LogP contribution in [0.3, 0.4) is 0 Å². The highest BCUT2D eigenvalue weighted by Gasteiger charge is 2.32. The summed E-state index contributed by atoms with van der Waals surface area (Å²) < 4.78 is 21.1. The number of carbonyl (C=O) groups is 2. The fourth-order valence-electron chi connectivity index (χ4n) is 3.34. The highest BCUT2D eigenvalue weighted by atomic mass is 19.1. The number of pyridine rings is 1. The molecule has 0 bridgehead atoms. The van der Waals surface area contributed by atoms with E-state index < -0.39 is 17.2 Å². The van der Waals surface area contributed by atoms with E-state index in [1.807, 2.05) is 0 Å². The zero-order valence-corrected chi connectivity index (χ0v) is 13.8. The van der Waals surface area contributed by atoms with Crippen molar-refractivity contribution in [3.63, 3.8) is 0 Å². The molecule has 0 unspecified atom stereocenters. The van der Waals surface area contributed by atoms with Gasteiger partial charge in [-0.2, -0.15) is 0 Å². The molecule has 0 saturated heterocycles. The number of nitrogens with one attached hydrogen (secondary N) is 1. The first kappa shape index (κ1) is 15.6. The van der Waals surface area contributed by atoms with Crippen molar-refractivity contribution >= 4 is 34.2 Å². The molecule has 7 nitrogen and oxygen atoms in total. The van der Waals surface area contributed by atoms with Crippen molar-refractivity contribution in [3.8, 4) is 0 Å². The molecule has 2 aliphatic rings. The van der Waals surface area contributed by atoms with Gasteiger partial charge in [0.05, 0.1) is 35.9 Å². The number of methoxy groups -OCH3 is 1. The molecule has 1 amide bonds. The Labute approximate surface area is 142 Å². The highest BCUT2D eigenvalue weighted by molar-refractivity contribution is 6.11. The van der Waals surface area contributed by atoms with Gasteiger partial charge in [0.15, 0.2) is 0 Å². The minimum absolute atomic E-state index is 0.0311. The number of benzene rings is 1. The summed E-state index contributed by atoms with van der Waals surface area (Å²) >= 11 is 0. The number of hydrogen-bond acceptors (Lipinski definition) is 5. The van der Waals surface area contributed by atoms with Gasteiger partial charge in [0.1, 0.15) is 11.4 Å². The smallest absolute Gasteiger partial charge is 0.343 e. The van der Waals surface area contributed by atoms with Gasteiger partial charge in [-0.25, -0.2) is 9.18 Å². The Kier molecular flexibility index (Phi) is 3.31. The molecule has 8 heteroatoms. The van der Waals surface area contributed by atoms with Crippen LogP contribution in [0.25, 0.3) is 10.9 Å². The van der Waals surface area contributed by atoms with E-state index in [1.54, 1.807) is 11.6 Å². The standard InChI is InChI=1S/C17H16FN3O4/c1-20-7-12(22)19-13-14-9(5-11(18)15(13)20)16(23)10(17(24)25-2)6-21(14)8-3-4-8/h5-6,8H,3-4,7H2,1-2H3,(H,19,22). The molecular formula is C17H16FN3O4. The van der Waals surface area contributed by atoms with Crippen LogP contribution in [0.4, 0.5) is 15.8 Å². The second-order valence-corrected chi connectivity index (χ2v) is 6.38. The number of hydrogen-bond donors (Lipinski definition) is 1. The summed E-state index contributed by atoms with van der Waals surface area (Å²) in [6.07, 6.45) is 3.22. The Hall–Kier alpha value is -2.90. The summed E-state index contributed by atoms with van der Waals surface area (Å²) in [7, 11) is 2.81. The maximum Gasteiger partial charge on any atom is 0.343 e. The van der Waals surface area contributed by atoms with E-state index >= 15 is 0 Å². The first-order chi connectivity index (χ1) is 11.9. The van der Waals surface area contributed by atoms with Crippen molar-refractivity contribution in [2.45, 2.75) is 18.9 Å². The largest absolute Gasteiger partial charge is 0.465 e. The number of likely N-dealkylation sites (N-methyl/N-ethyl adjacent to an activating group) is 1. The third kappa shape index (κ3) is 2.28. The fraction of sp³-hybridized carbons (Fsp3) is 0.353. The molecule has 1 fully saturated rings. The molecule has 1 aliphatic heterocycles. The molecule has 2 aromatic rings. The fourth-order valence-corrected chi connectivity index (χ4v) is 3.34. The third-order valence-electron chi connectivity index (χ3n) is 4.61. The van der Waals surface area contributed by atoms with Crippen LogP contribution in [0.5, 0.6) is 0 Å². The highest BCUT2D eigenvalue weighted by Crippen LogP contribution is 2.43. The Morgan fingerprint density at radius 2 is 2.08 bits per heavy atom. The number of halogens is 1. The Morgan fingerprint density at radius 3 is 2.72 bits per heavy atom. The van der Waals surface area contributed by atoms with Gasteiger partial charge in [0, 0.05) is 19.3 Å². The average molecular weight is 345 g/mol. The SMILES string of the molecule is COC(=O)c1cn(C2CC2)c2c3c(c(F)cc2c1=O)N(C)CC(=O)N3. The summed E-state index contributed by atoms with van der Waals surface area (Å²) in [6, 6.07) is 1.24. The second kappa shape index (κ2) is 5.30. The van der Waals surface area contributed by atoms with Crippen LogP contribution >= 0.6 is 0 Å². The van der Waals surface area contributed by atoms with Crippen LogP contribution < -0.4 is 15.6 Å². The zero-order valence-electron chi connectivity index (χ0n) is 13.8. The summed E-state index contributed by atoms with van der Waals surface area (Å²) in [4.78, 5) is 38.1. The number of esters is 1. The third-order valence-corrected chi connectivity index (χ3v) is 4.61. The minimum Gasteiger partial charge on any atom is -0.465 e. The molecule has 1 aromatic carbocycles. The lowest BCUT2D eigenvalue weighted by Crippen LogP contribution is -2.36. The van der Waals surface area contributed by atoms with E-state index in [0.29, 0.717) is 5.52 Å². The summed E-state index contributed by atoms with van der Waals surface area (Å²) in [5.74, 6) is -1.67. The zero-order chi connectivity index (χ0) is 17.9. The molecule has 25 heavy (non-hydrogen) atoms. The maximum atomic E-state index is 14.7. The Morgan fingerprint density at radius 1 is 1.36 bits per heavy atom. The van der Waals surface area contributed by atoms with Crippen LogP contribution in [0, 0.1) is 5.82 Å². The maximum absolute atomic E-state index is 14.7. The molecule has 1 saturated carbocycles. The summed E-state index contributed by atoms with van der Waals surface area (Å²) in [5.41, 5.74) is 0.206. The number of amides is 1. The van der Waals surface area contributed by atoms with Gasteiger partial charge < -0.3 is 19.5 Å². The topological polar surface area (TPSA) is 80.6 Å². The number of fused-ring (bicyclic) bond motifs is 3. The van der Waals surface area contributed by atoms with Gasteiger partial charge in [-0.15, -0.1) is 0 Å². The van der Waals surface area contributed by atoms with Gasteiger partial charge in [-0.05, 0) is 18.9 Å². The van der Waals surface area contributed by atoms with E-state index in [1.165, 1.54) is 18.2 Å². The summed E-state index contributed by atoms with van der Waals surface area (Å²) in [6.45, 7) is 0.0311. The minimum atomic E-state index is -0.763.